The molecule has 0 aliphatic heterocycles. The van der Waals surface area contributed by atoms with E-state index in [1.807, 2.05) is 19.9 Å². The molecule has 14 heavy (non-hydrogen) atoms. The van der Waals surface area contributed by atoms with Crippen molar-refractivity contribution in [2.24, 2.45) is 5.92 Å². The fourth-order valence-electron chi connectivity index (χ4n) is 1.02. The third kappa shape index (κ3) is 3.22. The standard InChI is InChI=1S/C10H17N3O/c1-7(2)9(14)6-13-8-3-4-12-10(11)5-8/h3-5,7,9,14H,6H2,1-2H3,(H3,11,12,13). The van der Waals surface area contributed by atoms with Crippen LogP contribution in [0.5, 0.6) is 0 Å². The molecule has 0 spiro atoms. The third-order valence-corrected chi connectivity index (χ3v) is 2.07. The lowest BCUT2D eigenvalue weighted by atomic mass is 10.1. The number of nitrogens with zero attached hydrogens (tertiary/aromatic N) is 1. The number of anilines is 2. The summed E-state index contributed by atoms with van der Waals surface area (Å²) in [5.74, 6) is 0.732. The van der Waals surface area contributed by atoms with Crippen molar-refractivity contribution in [2.45, 2.75) is 20.0 Å². The van der Waals surface area contributed by atoms with Crippen LogP contribution in [0.1, 0.15) is 13.8 Å². The molecule has 0 aliphatic rings. The zero-order chi connectivity index (χ0) is 10.6. The first-order chi connectivity index (χ1) is 6.59. The molecular weight excluding hydrogens is 178 g/mol. The van der Waals surface area contributed by atoms with Gasteiger partial charge in [-0.2, -0.15) is 0 Å². The SMILES string of the molecule is CC(C)C(O)CNc1ccnc(N)c1. The van der Waals surface area contributed by atoms with Gasteiger partial charge in [0.15, 0.2) is 0 Å². The van der Waals surface area contributed by atoms with Crippen molar-refractivity contribution in [1.82, 2.24) is 4.98 Å². The average molecular weight is 195 g/mol. The normalized spacial score (nSPS) is 12.9. The summed E-state index contributed by atoms with van der Waals surface area (Å²) < 4.78 is 0. The van der Waals surface area contributed by atoms with E-state index in [2.05, 4.69) is 10.3 Å². The van der Waals surface area contributed by atoms with Crippen LogP contribution in [0.2, 0.25) is 0 Å². The van der Waals surface area contributed by atoms with Crippen LogP contribution < -0.4 is 11.1 Å². The number of aliphatic hydroxyl groups is 1. The Balaban J connectivity index is 2.45. The highest BCUT2D eigenvalue weighted by molar-refractivity contribution is 5.49. The lowest BCUT2D eigenvalue weighted by Crippen LogP contribution is -2.24. The second-order valence-corrected chi connectivity index (χ2v) is 3.66. The van der Waals surface area contributed by atoms with Gasteiger partial charge in [0.2, 0.25) is 0 Å². The minimum absolute atomic E-state index is 0.252. The summed E-state index contributed by atoms with van der Waals surface area (Å²) in [7, 11) is 0. The molecule has 0 fully saturated rings. The van der Waals surface area contributed by atoms with Gasteiger partial charge < -0.3 is 16.2 Å². The van der Waals surface area contributed by atoms with Crippen LogP contribution in [0.15, 0.2) is 18.3 Å². The number of hydrogen-bond donors (Lipinski definition) is 3. The van der Waals surface area contributed by atoms with E-state index in [4.69, 9.17) is 5.73 Å². The van der Waals surface area contributed by atoms with Crippen molar-refractivity contribution < 1.29 is 5.11 Å². The fourth-order valence-corrected chi connectivity index (χ4v) is 1.02. The molecule has 1 unspecified atom stereocenters. The van der Waals surface area contributed by atoms with E-state index in [1.54, 1.807) is 12.3 Å². The molecule has 0 aliphatic carbocycles. The van der Waals surface area contributed by atoms with Crippen molar-refractivity contribution in [3.05, 3.63) is 18.3 Å². The molecule has 0 saturated carbocycles. The predicted molar refractivity (Wildman–Crippen MR) is 58.0 cm³/mol. The number of nitrogen functional groups attached to an aromatic ring is 1. The van der Waals surface area contributed by atoms with Crippen LogP contribution in [0.25, 0.3) is 0 Å². The molecule has 78 valence electrons. The van der Waals surface area contributed by atoms with Crippen LogP contribution in [0.3, 0.4) is 0 Å². The van der Waals surface area contributed by atoms with Gasteiger partial charge in [-0.05, 0) is 12.0 Å². The van der Waals surface area contributed by atoms with E-state index in [9.17, 15) is 5.11 Å². The summed E-state index contributed by atoms with van der Waals surface area (Å²) >= 11 is 0. The largest absolute Gasteiger partial charge is 0.391 e. The van der Waals surface area contributed by atoms with Crippen LogP contribution >= 0.6 is 0 Å². The zero-order valence-corrected chi connectivity index (χ0v) is 8.57. The molecule has 4 N–H and O–H groups in total. The van der Waals surface area contributed by atoms with Crippen LogP contribution in [0, 0.1) is 5.92 Å². The quantitative estimate of drug-likeness (QED) is 0.672. The predicted octanol–water partition coefficient (Wildman–Crippen LogP) is 1.09. The van der Waals surface area contributed by atoms with Gasteiger partial charge in [0, 0.05) is 24.5 Å². The molecule has 0 amide bonds. The molecule has 0 saturated heterocycles. The first-order valence-corrected chi connectivity index (χ1v) is 4.73. The molecule has 1 heterocycles. The zero-order valence-electron chi connectivity index (χ0n) is 8.57. The van der Waals surface area contributed by atoms with E-state index < -0.39 is 0 Å². The van der Waals surface area contributed by atoms with E-state index in [0.29, 0.717) is 12.4 Å². The Labute approximate surface area is 84.2 Å². The molecule has 4 heteroatoms. The summed E-state index contributed by atoms with van der Waals surface area (Å²) in [4.78, 5) is 3.88. The molecule has 0 aromatic carbocycles. The summed E-state index contributed by atoms with van der Waals surface area (Å²) in [6.07, 6.45) is 1.30. The number of pyridine rings is 1. The average Bonchev–Trinajstić information content (AvgIpc) is 2.14. The molecule has 1 atom stereocenters. The van der Waals surface area contributed by atoms with Crippen molar-refractivity contribution >= 4 is 11.5 Å². The van der Waals surface area contributed by atoms with Crippen LogP contribution in [0.4, 0.5) is 11.5 Å². The maximum absolute atomic E-state index is 9.55. The van der Waals surface area contributed by atoms with Gasteiger partial charge in [0.05, 0.1) is 6.10 Å². The van der Waals surface area contributed by atoms with Gasteiger partial charge in [-0.25, -0.2) is 4.98 Å². The number of hydrogen-bond acceptors (Lipinski definition) is 4. The van der Waals surface area contributed by atoms with Gasteiger partial charge in [0.1, 0.15) is 5.82 Å². The van der Waals surface area contributed by atoms with Gasteiger partial charge in [0.25, 0.3) is 0 Å². The Bertz CT molecular complexity index is 288. The summed E-state index contributed by atoms with van der Waals surface area (Å²) in [5, 5.41) is 12.6. The monoisotopic (exact) mass is 195 g/mol. The Morgan fingerprint density at radius 1 is 1.57 bits per heavy atom. The lowest BCUT2D eigenvalue weighted by Gasteiger charge is -2.15. The summed E-state index contributed by atoms with van der Waals surface area (Å²) in [6, 6.07) is 3.57. The van der Waals surface area contributed by atoms with Crippen molar-refractivity contribution in [3.8, 4) is 0 Å². The number of aromatic nitrogens is 1. The van der Waals surface area contributed by atoms with E-state index >= 15 is 0 Å². The highest BCUT2D eigenvalue weighted by atomic mass is 16.3. The third-order valence-electron chi connectivity index (χ3n) is 2.07. The highest BCUT2D eigenvalue weighted by Crippen LogP contribution is 2.10. The molecule has 1 aromatic rings. The molecule has 4 nitrogen and oxygen atoms in total. The van der Waals surface area contributed by atoms with Gasteiger partial charge in [-0.3, -0.25) is 0 Å². The molecule has 1 rings (SSSR count). The number of aliphatic hydroxyl groups excluding tert-OH is 1. The smallest absolute Gasteiger partial charge is 0.125 e. The topological polar surface area (TPSA) is 71.2 Å². The lowest BCUT2D eigenvalue weighted by molar-refractivity contribution is 0.138. The van der Waals surface area contributed by atoms with Crippen LogP contribution in [-0.2, 0) is 0 Å². The Kier molecular flexibility index (Phi) is 3.71. The summed E-state index contributed by atoms with van der Waals surface area (Å²) in [5.41, 5.74) is 6.40. The van der Waals surface area contributed by atoms with E-state index in [0.717, 1.165) is 5.69 Å². The van der Waals surface area contributed by atoms with Gasteiger partial charge in [-0.1, -0.05) is 13.8 Å². The van der Waals surface area contributed by atoms with Crippen molar-refractivity contribution in [2.75, 3.05) is 17.6 Å². The summed E-state index contributed by atoms with van der Waals surface area (Å²) in [6.45, 7) is 4.49. The maximum Gasteiger partial charge on any atom is 0.125 e. The van der Waals surface area contributed by atoms with Crippen molar-refractivity contribution in [1.29, 1.82) is 0 Å². The van der Waals surface area contributed by atoms with E-state index in [-0.39, 0.29) is 12.0 Å². The fraction of sp³-hybridized carbons (Fsp3) is 0.500. The first kappa shape index (κ1) is 10.8. The highest BCUT2D eigenvalue weighted by Gasteiger charge is 2.08. The number of nitrogens with two attached hydrogens (primary N) is 1. The van der Waals surface area contributed by atoms with Crippen molar-refractivity contribution in [3.63, 3.8) is 0 Å². The van der Waals surface area contributed by atoms with Crippen LogP contribution in [-0.4, -0.2) is 22.7 Å². The van der Waals surface area contributed by atoms with Gasteiger partial charge >= 0.3 is 0 Å². The Morgan fingerprint density at radius 2 is 2.29 bits per heavy atom. The first-order valence-electron chi connectivity index (χ1n) is 4.73. The Hall–Kier alpha value is -1.29. The molecule has 0 bridgehead atoms. The van der Waals surface area contributed by atoms with E-state index in [1.165, 1.54) is 0 Å². The Morgan fingerprint density at radius 3 is 2.86 bits per heavy atom. The number of rotatable bonds is 4. The second kappa shape index (κ2) is 4.81. The minimum atomic E-state index is -0.343. The molecular formula is C10H17N3O. The van der Waals surface area contributed by atoms with Gasteiger partial charge in [-0.15, -0.1) is 0 Å². The minimum Gasteiger partial charge on any atom is -0.391 e. The number of nitrogens with one attached hydrogen (secondary N) is 1. The second-order valence-electron chi connectivity index (χ2n) is 3.66. The molecule has 1 aromatic heterocycles. The molecule has 0 radical (unpaired) electrons. The maximum atomic E-state index is 9.55.